The van der Waals surface area contributed by atoms with Crippen molar-refractivity contribution in [3.8, 4) is 22.7 Å². The van der Waals surface area contributed by atoms with Crippen LogP contribution < -0.4 is 21.6 Å². The monoisotopic (exact) mass is 704 g/mol. The Morgan fingerprint density at radius 2 is 0.852 bits per heavy atom. The Morgan fingerprint density at radius 1 is 0.426 bits per heavy atom. The second kappa shape index (κ2) is 13.5. The number of fused-ring (bicyclic) bond motifs is 2. The van der Waals surface area contributed by atoms with Gasteiger partial charge in [0.1, 0.15) is 0 Å². The number of anilines is 4. The van der Waals surface area contributed by atoms with E-state index in [1.165, 1.54) is 0 Å². The Labute approximate surface area is 309 Å². The Morgan fingerprint density at radius 3 is 1.41 bits per heavy atom. The van der Waals surface area contributed by atoms with E-state index in [1.807, 2.05) is 182 Å². The molecule has 9 aromatic rings. The quantitative estimate of drug-likeness (QED) is 0.152. The van der Waals surface area contributed by atoms with E-state index in [1.54, 1.807) is 23.2 Å². The van der Waals surface area contributed by atoms with Crippen LogP contribution >= 0.6 is 0 Å². The highest BCUT2D eigenvalue weighted by atomic mass is 16.2. The number of hydrogen-bond acceptors (Lipinski definition) is 4. The molecule has 0 atom stereocenters. The summed E-state index contributed by atoms with van der Waals surface area (Å²) in [5.74, 6) is 0. The summed E-state index contributed by atoms with van der Waals surface area (Å²) in [6.07, 6.45) is 0.799. The van der Waals surface area contributed by atoms with Crippen molar-refractivity contribution in [3.05, 3.63) is 203 Å². The van der Waals surface area contributed by atoms with Gasteiger partial charge >= 0.3 is 11.4 Å². The fourth-order valence-electron chi connectivity index (χ4n) is 7.16. The summed E-state index contributed by atoms with van der Waals surface area (Å²) in [7, 11) is 0. The highest BCUT2D eigenvalue weighted by Gasteiger charge is 2.20. The molecule has 1 N–H and O–H groups in total. The zero-order chi connectivity index (χ0) is 36.6. The van der Waals surface area contributed by atoms with Crippen molar-refractivity contribution in [3.63, 3.8) is 0 Å². The third-order valence-corrected chi connectivity index (χ3v) is 9.54. The Kier molecular flexibility index (Phi) is 8.05. The number of aromatic nitrogens is 4. The van der Waals surface area contributed by atoms with Crippen LogP contribution in [0.2, 0.25) is 0 Å². The van der Waals surface area contributed by atoms with Gasteiger partial charge in [-0.3, -0.25) is 28.0 Å². The van der Waals surface area contributed by atoms with E-state index < -0.39 is 0 Å². The number of carbonyl (C=O) groups is 1. The van der Waals surface area contributed by atoms with Crippen LogP contribution in [0.3, 0.4) is 0 Å². The normalized spacial score (nSPS) is 11.2. The Bertz CT molecular complexity index is 2940. The van der Waals surface area contributed by atoms with E-state index in [9.17, 15) is 14.4 Å². The smallest absolute Gasteiger partial charge is 0.338 e. The summed E-state index contributed by atoms with van der Waals surface area (Å²) >= 11 is 0. The van der Waals surface area contributed by atoms with E-state index in [4.69, 9.17) is 0 Å². The van der Waals surface area contributed by atoms with Crippen LogP contribution in [0.1, 0.15) is 0 Å². The third-order valence-electron chi connectivity index (χ3n) is 9.54. The number of para-hydroxylation sites is 8. The maximum absolute atomic E-state index is 14.6. The van der Waals surface area contributed by atoms with Crippen molar-refractivity contribution >= 4 is 51.2 Å². The van der Waals surface area contributed by atoms with Crippen LogP contribution in [-0.2, 0) is 4.79 Å². The number of nitrogens with zero attached hydrogens (tertiary/aromatic N) is 5. The molecule has 0 spiro atoms. The average Bonchev–Trinajstić information content (AvgIpc) is 3.69. The van der Waals surface area contributed by atoms with Gasteiger partial charge in [0.05, 0.1) is 56.2 Å². The van der Waals surface area contributed by atoms with Crippen molar-refractivity contribution in [2.24, 2.45) is 0 Å². The third kappa shape index (κ3) is 5.48. The van der Waals surface area contributed by atoms with Crippen LogP contribution in [0.25, 0.3) is 44.8 Å². The SMILES string of the molecule is O=CN(c1ccccc1)c1ccccc1Nc1cccc(-n2c(=O)n(-c3cccc(-n4c(=O)n(-c5ccccc5)c5ccccc54)c3)c3ccccc32)c1. The van der Waals surface area contributed by atoms with Crippen LogP contribution in [-0.4, -0.2) is 24.7 Å². The molecule has 54 heavy (non-hydrogen) atoms. The van der Waals surface area contributed by atoms with Crippen molar-refractivity contribution in [1.29, 1.82) is 0 Å². The lowest BCUT2D eigenvalue weighted by Gasteiger charge is -2.21. The molecule has 0 fully saturated rings. The molecule has 260 valence electrons. The zero-order valence-electron chi connectivity index (χ0n) is 28.9. The minimum atomic E-state index is -0.263. The van der Waals surface area contributed by atoms with E-state index in [-0.39, 0.29) is 11.4 Å². The van der Waals surface area contributed by atoms with E-state index in [0.29, 0.717) is 28.3 Å². The summed E-state index contributed by atoms with van der Waals surface area (Å²) in [5.41, 5.74) is 8.07. The minimum Gasteiger partial charge on any atom is -0.354 e. The summed E-state index contributed by atoms with van der Waals surface area (Å²) in [6, 6.07) is 57.1. The van der Waals surface area contributed by atoms with Crippen molar-refractivity contribution in [2.75, 3.05) is 10.2 Å². The van der Waals surface area contributed by atoms with Crippen LogP contribution in [0.5, 0.6) is 0 Å². The van der Waals surface area contributed by atoms with Crippen LogP contribution in [0, 0.1) is 0 Å². The highest BCUT2D eigenvalue weighted by Crippen LogP contribution is 2.33. The van der Waals surface area contributed by atoms with Gasteiger partial charge in [0.25, 0.3) is 0 Å². The molecule has 0 radical (unpaired) electrons. The zero-order valence-corrected chi connectivity index (χ0v) is 28.9. The van der Waals surface area contributed by atoms with E-state index >= 15 is 0 Å². The molecule has 7 aromatic carbocycles. The second-order valence-corrected chi connectivity index (χ2v) is 12.7. The molecule has 1 amide bonds. The molecule has 0 bridgehead atoms. The number of nitrogens with one attached hydrogen (secondary N) is 1. The van der Waals surface area contributed by atoms with E-state index in [2.05, 4.69) is 5.32 Å². The first-order chi connectivity index (χ1) is 26.6. The first kappa shape index (κ1) is 32.3. The largest absolute Gasteiger partial charge is 0.354 e. The molecular weight excluding hydrogens is 673 g/mol. The van der Waals surface area contributed by atoms with Gasteiger partial charge in [0.15, 0.2) is 0 Å². The molecule has 0 aliphatic rings. The molecule has 0 saturated heterocycles. The van der Waals surface area contributed by atoms with E-state index in [0.717, 1.165) is 45.7 Å². The predicted molar refractivity (Wildman–Crippen MR) is 216 cm³/mol. The Hall–Kier alpha value is -7.65. The van der Waals surface area contributed by atoms with Crippen molar-refractivity contribution < 1.29 is 4.79 Å². The molecule has 9 rings (SSSR count). The lowest BCUT2D eigenvalue weighted by molar-refractivity contribution is -0.106. The van der Waals surface area contributed by atoms with Crippen LogP contribution in [0.4, 0.5) is 22.7 Å². The fraction of sp³-hybridized carbons (Fsp3) is 0. The van der Waals surface area contributed by atoms with Gasteiger partial charge in [0.2, 0.25) is 6.41 Å². The van der Waals surface area contributed by atoms with Gasteiger partial charge < -0.3 is 5.32 Å². The maximum atomic E-state index is 14.6. The summed E-state index contributed by atoms with van der Waals surface area (Å²) in [5, 5.41) is 3.48. The molecular formula is C45H32N6O3. The first-order valence-corrected chi connectivity index (χ1v) is 17.5. The average molecular weight is 705 g/mol. The summed E-state index contributed by atoms with van der Waals surface area (Å²) in [6.45, 7) is 0. The standard InChI is InChI=1S/C45H32N6O3/c52-31-47(33-16-3-1-4-17-33)39-24-8-7-23-38(39)46-32-15-13-20-35(29-32)49-42-27-11-12-28-43(42)51(45(49)54)37-22-14-21-36(30-37)50-41-26-10-9-25-40(41)48(44(50)53)34-18-5-2-6-19-34/h1-31,46H. The predicted octanol–water partition coefficient (Wildman–Crippen LogP) is 8.91. The van der Waals surface area contributed by atoms with Gasteiger partial charge in [-0.05, 0) is 97.1 Å². The number of carbonyl (C=O) groups excluding carboxylic acids is 1. The maximum Gasteiger partial charge on any atom is 0.338 e. The van der Waals surface area contributed by atoms with Gasteiger partial charge in [-0.15, -0.1) is 0 Å². The number of rotatable bonds is 9. The van der Waals surface area contributed by atoms with Crippen LogP contribution in [0.15, 0.2) is 192 Å². The molecule has 0 unspecified atom stereocenters. The number of hydrogen-bond donors (Lipinski definition) is 1. The Balaban J connectivity index is 1.14. The molecule has 0 aliphatic heterocycles. The van der Waals surface area contributed by atoms with Gasteiger partial charge in [-0.25, -0.2) is 9.59 Å². The number of benzene rings is 7. The highest BCUT2D eigenvalue weighted by molar-refractivity contribution is 5.93. The summed E-state index contributed by atoms with van der Waals surface area (Å²) in [4.78, 5) is 42.6. The lowest BCUT2D eigenvalue weighted by atomic mass is 10.2. The van der Waals surface area contributed by atoms with Gasteiger partial charge in [0, 0.05) is 11.4 Å². The van der Waals surface area contributed by atoms with Gasteiger partial charge in [-0.2, -0.15) is 0 Å². The lowest BCUT2D eigenvalue weighted by Crippen LogP contribution is -2.23. The number of imidazole rings is 2. The van der Waals surface area contributed by atoms with Gasteiger partial charge in [-0.1, -0.05) is 84.9 Å². The molecule has 9 nitrogen and oxygen atoms in total. The topological polar surface area (TPSA) is 86.2 Å². The molecule has 9 heteroatoms. The minimum absolute atomic E-state index is 0.208. The van der Waals surface area contributed by atoms with Crippen molar-refractivity contribution in [2.45, 2.75) is 0 Å². The molecule has 2 heterocycles. The molecule has 0 saturated carbocycles. The first-order valence-electron chi connectivity index (χ1n) is 17.5. The number of amides is 1. The molecule has 2 aromatic heterocycles. The van der Waals surface area contributed by atoms with Crippen molar-refractivity contribution in [1.82, 2.24) is 18.3 Å². The summed E-state index contributed by atoms with van der Waals surface area (Å²) < 4.78 is 6.76. The second-order valence-electron chi connectivity index (χ2n) is 12.7. The fourth-order valence-corrected chi connectivity index (χ4v) is 7.16. The molecule has 0 aliphatic carbocycles.